The molecule has 3 aliphatic rings. The molecule has 0 aromatic carbocycles. The second-order valence-corrected chi connectivity index (χ2v) is 6.67. The highest BCUT2D eigenvalue weighted by Gasteiger charge is 2.59. The number of hydrogen-bond acceptors (Lipinski definition) is 2. The van der Waals surface area contributed by atoms with Crippen LogP contribution in [0.25, 0.3) is 0 Å². The predicted molar refractivity (Wildman–Crippen MR) is 97.2 cm³/mol. The van der Waals surface area contributed by atoms with Crippen molar-refractivity contribution in [2.24, 2.45) is 16.1 Å². The van der Waals surface area contributed by atoms with Crippen LogP contribution in [0.1, 0.15) is 58.3 Å². The van der Waals surface area contributed by atoms with Crippen LogP contribution in [-0.4, -0.2) is 42.7 Å². The third-order valence-corrected chi connectivity index (χ3v) is 5.61. The molecule has 21 heavy (non-hydrogen) atoms. The first-order chi connectivity index (χ1) is 9.76. The first kappa shape index (κ1) is 17.3. The van der Waals surface area contributed by atoms with Crippen LogP contribution in [0.5, 0.6) is 0 Å². The van der Waals surface area contributed by atoms with Gasteiger partial charge in [0, 0.05) is 25.1 Å². The number of nitrogens with two attached hydrogens (primary N) is 1. The summed E-state index contributed by atoms with van der Waals surface area (Å²) < 4.78 is 5.89. The first-order valence-corrected chi connectivity index (χ1v) is 8.46. The van der Waals surface area contributed by atoms with E-state index in [2.05, 4.69) is 11.8 Å². The molecule has 5 heteroatoms. The van der Waals surface area contributed by atoms with Gasteiger partial charge in [0.2, 0.25) is 0 Å². The lowest BCUT2D eigenvalue weighted by Crippen LogP contribution is -2.61. The van der Waals surface area contributed by atoms with Gasteiger partial charge in [0.25, 0.3) is 0 Å². The van der Waals surface area contributed by atoms with Gasteiger partial charge >= 0.3 is 0 Å². The van der Waals surface area contributed by atoms with Crippen LogP contribution < -0.4 is 5.73 Å². The molecule has 0 amide bonds. The second kappa shape index (κ2) is 7.49. The zero-order chi connectivity index (χ0) is 14.0. The van der Waals surface area contributed by atoms with Gasteiger partial charge in [0.05, 0.1) is 12.1 Å². The molecule has 2 aliphatic carbocycles. The highest BCUT2D eigenvalue weighted by atomic mass is 127. The average Bonchev–Trinajstić information content (AvgIpc) is 2.64. The smallest absolute Gasteiger partial charge is 0.191 e. The topological polar surface area (TPSA) is 50.9 Å². The number of halogens is 1. The maximum absolute atomic E-state index is 6.28. The van der Waals surface area contributed by atoms with Gasteiger partial charge in [-0.05, 0) is 39.0 Å². The minimum atomic E-state index is 0. The summed E-state index contributed by atoms with van der Waals surface area (Å²) in [6.45, 7) is 5.09. The van der Waals surface area contributed by atoms with Crippen molar-refractivity contribution >= 4 is 29.9 Å². The van der Waals surface area contributed by atoms with E-state index in [1.165, 1.54) is 44.9 Å². The predicted octanol–water partition coefficient (Wildman–Crippen LogP) is 3.14. The molecule has 3 rings (SSSR count). The normalized spacial score (nSPS) is 31.9. The van der Waals surface area contributed by atoms with Gasteiger partial charge < -0.3 is 15.4 Å². The Kier molecular flexibility index (Phi) is 6.17. The van der Waals surface area contributed by atoms with Crippen molar-refractivity contribution in [1.82, 2.24) is 4.90 Å². The van der Waals surface area contributed by atoms with Crippen molar-refractivity contribution in [3.63, 3.8) is 0 Å². The molecule has 2 N–H and O–H groups in total. The molecule has 1 aliphatic heterocycles. The van der Waals surface area contributed by atoms with Crippen molar-refractivity contribution in [1.29, 1.82) is 0 Å². The van der Waals surface area contributed by atoms with Crippen molar-refractivity contribution in [3.8, 4) is 0 Å². The van der Waals surface area contributed by atoms with E-state index in [1.807, 2.05) is 0 Å². The summed E-state index contributed by atoms with van der Waals surface area (Å²) in [4.78, 5) is 7.19. The lowest BCUT2D eigenvalue weighted by Gasteiger charge is -2.59. The van der Waals surface area contributed by atoms with Crippen LogP contribution in [0, 0.1) is 5.41 Å². The molecule has 2 saturated carbocycles. The van der Waals surface area contributed by atoms with Gasteiger partial charge in [-0.3, -0.25) is 0 Å². The lowest BCUT2D eigenvalue weighted by molar-refractivity contribution is -0.162. The van der Waals surface area contributed by atoms with E-state index in [0.29, 0.717) is 17.6 Å². The van der Waals surface area contributed by atoms with Gasteiger partial charge in [0.1, 0.15) is 0 Å². The summed E-state index contributed by atoms with van der Waals surface area (Å²) in [5.41, 5.74) is 6.62. The van der Waals surface area contributed by atoms with E-state index in [9.17, 15) is 0 Å². The number of hydrogen-bond donors (Lipinski definition) is 1. The standard InChI is InChI=1S/C16H29N3O.HI/c1-2-20-14-12-13(16(14)8-7-9-16)18-15(17)19-10-5-3-4-6-11-19;/h13-14H,2-12H2,1H3,(H2,17,18);1H. The second-order valence-electron chi connectivity index (χ2n) is 6.67. The Morgan fingerprint density at radius 1 is 1.19 bits per heavy atom. The van der Waals surface area contributed by atoms with E-state index in [0.717, 1.165) is 32.1 Å². The minimum Gasteiger partial charge on any atom is -0.378 e. The SMILES string of the molecule is CCOC1CC(N=C(N)N2CCCCCC2)C12CCC2.I. The van der Waals surface area contributed by atoms with Crippen molar-refractivity contribution in [2.45, 2.75) is 70.4 Å². The van der Waals surface area contributed by atoms with Gasteiger partial charge in [0.15, 0.2) is 5.96 Å². The van der Waals surface area contributed by atoms with Crippen LogP contribution in [0.4, 0.5) is 0 Å². The Bertz CT molecular complexity index is 363. The number of ether oxygens (including phenoxy) is 1. The molecule has 1 spiro atoms. The monoisotopic (exact) mass is 407 g/mol. The van der Waals surface area contributed by atoms with E-state index in [-0.39, 0.29) is 24.0 Å². The fourth-order valence-corrected chi connectivity index (χ4v) is 4.12. The Morgan fingerprint density at radius 2 is 1.86 bits per heavy atom. The molecule has 3 fully saturated rings. The van der Waals surface area contributed by atoms with Crippen LogP contribution in [0.3, 0.4) is 0 Å². The van der Waals surface area contributed by atoms with E-state index >= 15 is 0 Å². The number of rotatable bonds is 3. The highest BCUT2D eigenvalue weighted by molar-refractivity contribution is 14.0. The third-order valence-electron chi connectivity index (χ3n) is 5.61. The van der Waals surface area contributed by atoms with E-state index < -0.39 is 0 Å². The molecule has 1 heterocycles. The molecular weight excluding hydrogens is 377 g/mol. The summed E-state index contributed by atoms with van der Waals surface area (Å²) in [6.07, 6.45) is 10.6. The molecule has 0 bridgehead atoms. The van der Waals surface area contributed by atoms with E-state index in [1.54, 1.807) is 0 Å². The maximum atomic E-state index is 6.28. The zero-order valence-electron chi connectivity index (χ0n) is 13.2. The lowest BCUT2D eigenvalue weighted by atomic mass is 9.51. The molecular formula is C16H30IN3O. The first-order valence-electron chi connectivity index (χ1n) is 8.46. The molecule has 122 valence electrons. The van der Waals surface area contributed by atoms with Crippen molar-refractivity contribution in [2.75, 3.05) is 19.7 Å². The number of nitrogens with zero attached hydrogens (tertiary/aromatic N) is 2. The summed E-state index contributed by atoms with van der Waals surface area (Å²) in [6, 6.07) is 0.413. The largest absolute Gasteiger partial charge is 0.378 e. The molecule has 2 unspecified atom stereocenters. The summed E-state index contributed by atoms with van der Waals surface area (Å²) in [5.74, 6) is 0.790. The van der Waals surface area contributed by atoms with Crippen LogP contribution >= 0.6 is 24.0 Å². The quantitative estimate of drug-likeness (QED) is 0.444. The van der Waals surface area contributed by atoms with Gasteiger partial charge in [-0.2, -0.15) is 0 Å². The number of aliphatic imine (C=N–C) groups is 1. The molecule has 0 aromatic heterocycles. The highest BCUT2D eigenvalue weighted by Crippen LogP contribution is 2.58. The molecule has 0 radical (unpaired) electrons. The summed E-state index contributed by atoms with van der Waals surface area (Å²) in [5, 5.41) is 0. The number of likely N-dealkylation sites (tertiary alicyclic amines) is 1. The summed E-state index contributed by atoms with van der Waals surface area (Å²) >= 11 is 0. The van der Waals surface area contributed by atoms with Crippen LogP contribution in [-0.2, 0) is 4.74 Å². The van der Waals surface area contributed by atoms with Crippen LogP contribution in [0.15, 0.2) is 4.99 Å². The van der Waals surface area contributed by atoms with Crippen molar-refractivity contribution < 1.29 is 4.74 Å². The number of guanidine groups is 1. The fraction of sp³-hybridized carbons (Fsp3) is 0.938. The molecule has 1 saturated heterocycles. The Hall–Kier alpha value is -0.0400. The van der Waals surface area contributed by atoms with Gasteiger partial charge in [-0.15, -0.1) is 24.0 Å². The van der Waals surface area contributed by atoms with Gasteiger partial charge in [-0.1, -0.05) is 19.3 Å². The Balaban J connectivity index is 0.00000161. The summed E-state index contributed by atoms with van der Waals surface area (Å²) in [7, 11) is 0. The zero-order valence-corrected chi connectivity index (χ0v) is 15.6. The minimum absolute atomic E-state index is 0. The fourth-order valence-electron chi connectivity index (χ4n) is 4.12. The third kappa shape index (κ3) is 3.33. The Morgan fingerprint density at radius 3 is 2.38 bits per heavy atom. The average molecular weight is 407 g/mol. The van der Waals surface area contributed by atoms with Gasteiger partial charge in [-0.25, -0.2) is 4.99 Å². The molecule has 2 atom stereocenters. The maximum Gasteiger partial charge on any atom is 0.191 e. The molecule has 4 nitrogen and oxygen atoms in total. The van der Waals surface area contributed by atoms with Crippen LogP contribution in [0.2, 0.25) is 0 Å². The van der Waals surface area contributed by atoms with Crippen molar-refractivity contribution in [3.05, 3.63) is 0 Å². The molecule has 0 aromatic rings. The Labute approximate surface area is 145 Å². The van der Waals surface area contributed by atoms with E-state index in [4.69, 9.17) is 15.5 Å².